The van der Waals surface area contributed by atoms with Gasteiger partial charge < -0.3 is 0 Å². The van der Waals surface area contributed by atoms with Crippen molar-refractivity contribution in [3.05, 3.63) is 59.2 Å². The van der Waals surface area contributed by atoms with Gasteiger partial charge in [0.05, 0.1) is 0 Å². The topological polar surface area (TPSA) is 42.9 Å². The molecule has 3 heteroatoms. The summed E-state index contributed by atoms with van der Waals surface area (Å²) in [6.45, 7) is 3.97. The summed E-state index contributed by atoms with van der Waals surface area (Å²) in [4.78, 5) is 20.5. The third-order valence-corrected chi connectivity index (χ3v) is 3.79. The molecular formula is C19H24N2O. The normalized spacial score (nSPS) is 10.6. The summed E-state index contributed by atoms with van der Waals surface area (Å²) < 4.78 is 0. The Kier molecular flexibility index (Phi) is 6.26. The van der Waals surface area contributed by atoms with E-state index in [9.17, 15) is 4.79 Å². The summed E-state index contributed by atoms with van der Waals surface area (Å²) in [6, 6.07) is 8.23. The number of aromatic nitrogens is 2. The van der Waals surface area contributed by atoms with Crippen LogP contribution < -0.4 is 0 Å². The van der Waals surface area contributed by atoms with E-state index in [1.54, 1.807) is 0 Å². The Labute approximate surface area is 132 Å². The van der Waals surface area contributed by atoms with Crippen LogP contribution in [0.2, 0.25) is 0 Å². The molecule has 0 bridgehead atoms. The molecule has 0 aromatic carbocycles. The number of hydrogen-bond donors (Lipinski definition) is 0. The van der Waals surface area contributed by atoms with E-state index in [-0.39, 0.29) is 0 Å². The van der Waals surface area contributed by atoms with Crippen molar-refractivity contribution < 1.29 is 4.79 Å². The van der Waals surface area contributed by atoms with Crippen LogP contribution in [0, 0.1) is 13.8 Å². The number of aryl methyl sites for hydroxylation is 4. The van der Waals surface area contributed by atoms with E-state index in [2.05, 4.69) is 22.1 Å². The number of carbonyl (C=O) groups is 1. The molecule has 0 aliphatic heterocycles. The predicted octanol–water partition coefficient (Wildman–Crippen LogP) is 4.01. The average Bonchev–Trinajstić information content (AvgIpc) is 2.51. The number of rotatable bonds is 8. The second kappa shape index (κ2) is 8.42. The van der Waals surface area contributed by atoms with Gasteiger partial charge >= 0.3 is 0 Å². The van der Waals surface area contributed by atoms with Gasteiger partial charge in [-0.15, -0.1) is 0 Å². The van der Waals surface area contributed by atoms with Crippen LogP contribution in [-0.2, 0) is 17.6 Å². The molecule has 3 nitrogen and oxygen atoms in total. The molecule has 0 amide bonds. The summed E-state index contributed by atoms with van der Waals surface area (Å²) in [5, 5.41) is 0. The third kappa shape index (κ3) is 5.76. The lowest BCUT2D eigenvalue weighted by Crippen LogP contribution is -2.00. The number of pyridine rings is 2. The van der Waals surface area contributed by atoms with Crippen molar-refractivity contribution in [2.45, 2.75) is 52.4 Å². The van der Waals surface area contributed by atoms with Crippen molar-refractivity contribution in [2.75, 3.05) is 0 Å². The lowest BCUT2D eigenvalue weighted by atomic mass is 10.0. The maximum Gasteiger partial charge on any atom is 0.132 e. The third-order valence-electron chi connectivity index (χ3n) is 3.79. The molecule has 116 valence electrons. The highest BCUT2D eigenvalue weighted by molar-refractivity contribution is 5.78. The zero-order valence-corrected chi connectivity index (χ0v) is 13.5. The summed E-state index contributed by atoms with van der Waals surface area (Å²) in [6.07, 6.45) is 8.83. The molecule has 0 saturated heterocycles. The Morgan fingerprint density at radius 2 is 1.27 bits per heavy atom. The monoisotopic (exact) mass is 296 g/mol. The first-order valence-corrected chi connectivity index (χ1v) is 7.98. The molecule has 0 atom stereocenters. The number of carbonyl (C=O) groups excluding carboxylic acids is 1. The van der Waals surface area contributed by atoms with Gasteiger partial charge in [-0.3, -0.25) is 14.8 Å². The van der Waals surface area contributed by atoms with Gasteiger partial charge in [0.25, 0.3) is 0 Å². The molecule has 2 rings (SSSR count). The van der Waals surface area contributed by atoms with Crippen molar-refractivity contribution in [3.63, 3.8) is 0 Å². The van der Waals surface area contributed by atoms with Crippen LogP contribution in [0.25, 0.3) is 0 Å². The molecule has 0 saturated carbocycles. The standard InChI is InChI=1S/C19H24N2O/c1-15-9-11-17(13-20-15)5-3-7-19(22)8-4-6-18-12-10-16(2)21-14-18/h9-14H,3-8H2,1-2H3. The van der Waals surface area contributed by atoms with Crippen LogP contribution in [0.1, 0.15) is 48.2 Å². The predicted molar refractivity (Wildman–Crippen MR) is 88.8 cm³/mol. The highest BCUT2D eigenvalue weighted by atomic mass is 16.1. The van der Waals surface area contributed by atoms with E-state index in [0.717, 1.165) is 37.1 Å². The molecule has 22 heavy (non-hydrogen) atoms. The largest absolute Gasteiger partial charge is 0.300 e. The first kappa shape index (κ1) is 16.3. The zero-order valence-electron chi connectivity index (χ0n) is 13.5. The molecule has 0 radical (unpaired) electrons. The van der Waals surface area contributed by atoms with Crippen LogP contribution in [-0.4, -0.2) is 15.8 Å². The smallest absolute Gasteiger partial charge is 0.132 e. The molecule has 0 aliphatic carbocycles. The minimum absolute atomic E-state index is 0.361. The van der Waals surface area contributed by atoms with Crippen LogP contribution in [0.15, 0.2) is 36.7 Å². The number of Topliss-reactive ketones (excluding diaryl/α,β-unsaturated/α-hetero) is 1. The van der Waals surface area contributed by atoms with E-state index in [1.165, 1.54) is 11.1 Å². The molecule has 2 heterocycles. The van der Waals surface area contributed by atoms with Gasteiger partial charge in [0.2, 0.25) is 0 Å². The zero-order chi connectivity index (χ0) is 15.8. The first-order chi connectivity index (χ1) is 10.6. The SMILES string of the molecule is Cc1ccc(CCCC(=O)CCCc2ccc(C)nc2)cn1. The quantitative estimate of drug-likeness (QED) is 0.739. The van der Waals surface area contributed by atoms with Crippen molar-refractivity contribution in [1.82, 2.24) is 9.97 Å². The molecular weight excluding hydrogens is 272 g/mol. The molecule has 0 unspecified atom stereocenters. The molecule has 2 aromatic heterocycles. The maximum absolute atomic E-state index is 11.9. The Bertz CT molecular complexity index is 534. The van der Waals surface area contributed by atoms with Gasteiger partial charge in [0.15, 0.2) is 0 Å². The second-order valence-electron chi connectivity index (χ2n) is 5.86. The molecule has 0 spiro atoms. The molecule has 2 aromatic rings. The Hall–Kier alpha value is -2.03. The van der Waals surface area contributed by atoms with Gasteiger partial charge in [0, 0.05) is 36.6 Å². The summed E-state index contributed by atoms with van der Waals surface area (Å²) in [5.74, 6) is 0.361. The highest BCUT2D eigenvalue weighted by Crippen LogP contribution is 2.09. The number of hydrogen-bond acceptors (Lipinski definition) is 3. The number of ketones is 1. The minimum atomic E-state index is 0.361. The fourth-order valence-electron chi connectivity index (χ4n) is 2.40. The summed E-state index contributed by atoms with van der Waals surface area (Å²) in [5.41, 5.74) is 4.49. The lowest BCUT2D eigenvalue weighted by molar-refractivity contribution is -0.119. The van der Waals surface area contributed by atoms with Crippen LogP contribution in [0.5, 0.6) is 0 Å². The van der Waals surface area contributed by atoms with E-state index in [1.807, 2.05) is 38.4 Å². The van der Waals surface area contributed by atoms with Crippen LogP contribution >= 0.6 is 0 Å². The van der Waals surface area contributed by atoms with Crippen molar-refractivity contribution >= 4 is 5.78 Å². The van der Waals surface area contributed by atoms with E-state index < -0.39 is 0 Å². The van der Waals surface area contributed by atoms with E-state index in [4.69, 9.17) is 0 Å². The van der Waals surface area contributed by atoms with Crippen molar-refractivity contribution in [1.29, 1.82) is 0 Å². The molecule has 0 aliphatic rings. The van der Waals surface area contributed by atoms with E-state index in [0.29, 0.717) is 18.6 Å². The number of nitrogens with zero attached hydrogens (tertiary/aromatic N) is 2. The summed E-state index contributed by atoms with van der Waals surface area (Å²) >= 11 is 0. The Morgan fingerprint density at radius 3 is 1.64 bits per heavy atom. The fourth-order valence-corrected chi connectivity index (χ4v) is 2.40. The first-order valence-electron chi connectivity index (χ1n) is 7.98. The Morgan fingerprint density at radius 1 is 0.818 bits per heavy atom. The highest BCUT2D eigenvalue weighted by Gasteiger charge is 2.03. The molecule has 0 N–H and O–H groups in total. The van der Waals surface area contributed by atoms with Gasteiger partial charge in [0.1, 0.15) is 5.78 Å². The summed E-state index contributed by atoms with van der Waals surface area (Å²) in [7, 11) is 0. The van der Waals surface area contributed by atoms with Gasteiger partial charge in [-0.1, -0.05) is 12.1 Å². The van der Waals surface area contributed by atoms with Crippen molar-refractivity contribution in [3.8, 4) is 0 Å². The van der Waals surface area contributed by atoms with Gasteiger partial charge in [-0.2, -0.15) is 0 Å². The Balaban J connectivity index is 1.61. The fraction of sp³-hybridized carbons (Fsp3) is 0.421. The minimum Gasteiger partial charge on any atom is -0.300 e. The van der Waals surface area contributed by atoms with Crippen LogP contribution in [0.4, 0.5) is 0 Å². The van der Waals surface area contributed by atoms with Crippen LogP contribution in [0.3, 0.4) is 0 Å². The lowest BCUT2D eigenvalue weighted by Gasteiger charge is -2.03. The van der Waals surface area contributed by atoms with Crippen molar-refractivity contribution in [2.24, 2.45) is 0 Å². The van der Waals surface area contributed by atoms with Gasteiger partial charge in [-0.05, 0) is 62.8 Å². The second-order valence-corrected chi connectivity index (χ2v) is 5.86. The van der Waals surface area contributed by atoms with E-state index >= 15 is 0 Å². The maximum atomic E-state index is 11.9. The molecule has 0 fully saturated rings. The van der Waals surface area contributed by atoms with Gasteiger partial charge in [-0.25, -0.2) is 0 Å². The average molecular weight is 296 g/mol.